The lowest BCUT2D eigenvalue weighted by molar-refractivity contribution is 0.0959. The SMILES string of the molecule is NC(=O)c1ncc(=O)[nH]c1C(N)=O. The normalized spacial score (nSPS) is 9.54. The number of rotatable bonds is 2. The standard InChI is InChI=1S/C6H6N4O3/c7-5(12)3-4(6(8)13)10-2(11)1-9-3/h1H,(H2,7,12)(H2,8,13)(H,10,11). The second-order valence-corrected chi connectivity index (χ2v) is 2.20. The molecule has 5 N–H and O–H groups in total. The fourth-order valence-electron chi connectivity index (χ4n) is 0.768. The quantitative estimate of drug-likeness (QED) is 0.486. The Kier molecular flexibility index (Phi) is 2.09. The predicted molar refractivity (Wildman–Crippen MR) is 41.9 cm³/mol. The van der Waals surface area contributed by atoms with Gasteiger partial charge in [0.1, 0.15) is 5.69 Å². The minimum Gasteiger partial charge on any atom is -0.364 e. The highest BCUT2D eigenvalue weighted by molar-refractivity contribution is 6.03. The highest BCUT2D eigenvalue weighted by Gasteiger charge is 2.14. The summed E-state index contributed by atoms with van der Waals surface area (Å²) in [5, 5.41) is 0. The fraction of sp³-hybridized carbons (Fsp3) is 0. The van der Waals surface area contributed by atoms with E-state index < -0.39 is 17.4 Å². The Hall–Kier alpha value is -2.18. The molecule has 0 aromatic carbocycles. The fourth-order valence-corrected chi connectivity index (χ4v) is 0.768. The first-order valence-electron chi connectivity index (χ1n) is 3.21. The molecule has 68 valence electrons. The van der Waals surface area contributed by atoms with Crippen LogP contribution in [0.4, 0.5) is 0 Å². The smallest absolute Gasteiger partial charge is 0.269 e. The molecule has 7 nitrogen and oxygen atoms in total. The van der Waals surface area contributed by atoms with Crippen LogP contribution in [0.5, 0.6) is 0 Å². The number of hydrogen-bond acceptors (Lipinski definition) is 4. The Balaban J connectivity index is 3.44. The van der Waals surface area contributed by atoms with Crippen LogP contribution in [-0.4, -0.2) is 21.8 Å². The number of carbonyl (C=O) groups excluding carboxylic acids is 2. The summed E-state index contributed by atoms with van der Waals surface area (Å²) in [7, 11) is 0. The number of nitrogens with two attached hydrogens (primary N) is 2. The van der Waals surface area contributed by atoms with Crippen LogP contribution in [0.3, 0.4) is 0 Å². The summed E-state index contributed by atoms with van der Waals surface area (Å²) in [6, 6.07) is 0. The van der Waals surface area contributed by atoms with Gasteiger partial charge in [0.2, 0.25) is 0 Å². The van der Waals surface area contributed by atoms with Crippen molar-refractivity contribution in [1.82, 2.24) is 9.97 Å². The number of primary amides is 2. The molecule has 0 saturated carbocycles. The van der Waals surface area contributed by atoms with E-state index in [-0.39, 0.29) is 11.4 Å². The number of H-pyrrole nitrogens is 1. The molecule has 0 spiro atoms. The van der Waals surface area contributed by atoms with Crippen LogP contribution < -0.4 is 17.0 Å². The molecule has 0 saturated heterocycles. The molecule has 0 aliphatic rings. The van der Waals surface area contributed by atoms with Crippen LogP contribution in [0.15, 0.2) is 11.0 Å². The van der Waals surface area contributed by atoms with Crippen molar-refractivity contribution in [3.05, 3.63) is 27.9 Å². The predicted octanol–water partition coefficient (Wildman–Crippen LogP) is -2.03. The monoisotopic (exact) mass is 182 g/mol. The van der Waals surface area contributed by atoms with Gasteiger partial charge in [-0.1, -0.05) is 0 Å². The van der Waals surface area contributed by atoms with Gasteiger partial charge in [0.15, 0.2) is 5.69 Å². The third-order valence-corrected chi connectivity index (χ3v) is 1.28. The van der Waals surface area contributed by atoms with Crippen LogP contribution in [0.25, 0.3) is 0 Å². The summed E-state index contributed by atoms with van der Waals surface area (Å²) in [5.74, 6) is -1.89. The van der Waals surface area contributed by atoms with Crippen molar-refractivity contribution in [2.24, 2.45) is 11.5 Å². The second-order valence-electron chi connectivity index (χ2n) is 2.20. The first-order valence-corrected chi connectivity index (χ1v) is 3.21. The van der Waals surface area contributed by atoms with E-state index in [0.29, 0.717) is 0 Å². The number of nitrogens with zero attached hydrogens (tertiary/aromatic N) is 1. The third kappa shape index (κ3) is 1.70. The van der Waals surface area contributed by atoms with Gasteiger partial charge in [-0.3, -0.25) is 14.4 Å². The van der Waals surface area contributed by atoms with E-state index in [1.165, 1.54) is 0 Å². The lowest BCUT2D eigenvalue weighted by Gasteiger charge is -1.99. The molecule has 0 bridgehead atoms. The van der Waals surface area contributed by atoms with E-state index in [9.17, 15) is 14.4 Å². The molecule has 0 fully saturated rings. The number of aromatic amines is 1. The number of nitrogens with one attached hydrogen (secondary N) is 1. The van der Waals surface area contributed by atoms with Crippen LogP contribution in [0.2, 0.25) is 0 Å². The number of amides is 2. The van der Waals surface area contributed by atoms with Crippen LogP contribution in [0.1, 0.15) is 21.0 Å². The summed E-state index contributed by atoms with van der Waals surface area (Å²) in [6.45, 7) is 0. The van der Waals surface area contributed by atoms with Gasteiger partial charge in [0.25, 0.3) is 17.4 Å². The molecule has 1 aromatic heterocycles. The van der Waals surface area contributed by atoms with Crippen molar-refractivity contribution < 1.29 is 9.59 Å². The molecule has 0 aliphatic carbocycles. The van der Waals surface area contributed by atoms with Crippen LogP contribution in [-0.2, 0) is 0 Å². The maximum Gasteiger partial charge on any atom is 0.269 e. The van der Waals surface area contributed by atoms with E-state index >= 15 is 0 Å². The Bertz CT molecular complexity index is 422. The van der Waals surface area contributed by atoms with Crippen molar-refractivity contribution in [2.45, 2.75) is 0 Å². The summed E-state index contributed by atoms with van der Waals surface area (Å²) in [6.07, 6.45) is 0.840. The lowest BCUT2D eigenvalue weighted by atomic mass is 10.3. The average Bonchev–Trinajstić information content (AvgIpc) is 2.03. The van der Waals surface area contributed by atoms with E-state index in [2.05, 4.69) is 9.97 Å². The van der Waals surface area contributed by atoms with Crippen LogP contribution >= 0.6 is 0 Å². The van der Waals surface area contributed by atoms with Gasteiger partial charge in [-0.15, -0.1) is 0 Å². The highest BCUT2D eigenvalue weighted by atomic mass is 16.2. The van der Waals surface area contributed by atoms with Gasteiger partial charge in [0.05, 0.1) is 6.20 Å². The van der Waals surface area contributed by atoms with Crippen molar-refractivity contribution in [3.63, 3.8) is 0 Å². The maximum atomic E-state index is 10.7. The van der Waals surface area contributed by atoms with Gasteiger partial charge in [0, 0.05) is 0 Å². The molecule has 2 amide bonds. The molecule has 7 heteroatoms. The lowest BCUT2D eigenvalue weighted by Crippen LogP contribution is -2.27. The van der Waals surface area contributed by atoms with E-state index in [1.807, 2.05) is 0 Å². The molecule has 13 heavy (non-hydrogen) atoms. The minimum atomic E-state index is -0.959. The highest BCUT2D eigenvalue weighted by Crippen LogP contribution is 1.96. The Labute approximate surface area is 71.8 Å². The molecule has 0 unspecified atom stereocenters. The third-order valence-electron chi connectivity index (χ3n) is 1.28. The zero-order valence-electron chi connectivity index (χ0n) is 6.40. The van der Waals surface area contributed by atoms with Gasteiger partial charge in [-0.05, 0) is 0 Å². The molecule has 0 aliphatic heterocycles. The molecular weight excluding hydrogens is 176 g/mol. The topological polar surface area (TPSA) is 132 Å². The second kappa shape index (κ2) is 3.05. The zero-order valence-corrected chi connectivity index (χ0v) is 6.40. The summed E-state index contributed by atoms with van der Waals surface area (Å²) < 4.78 is 0. The minimum absolute atomic E-state index is 0.341. The Morgan fingerprint density at radius 3 is 2.38 bits per heavy atom. The van der Waals surface area contributed by atoms with Crippen molar-refractivity contribution in [1.29, 1.82) is 0 Å². The molecule has 1 heterocycles. The average molecular weight is 182 g/mol. The molecule has 0 atom stereocenters. The Morgan fingerprint density at radius 2 is 1.92 bits per heavy atom. The van der Waals surface area contributed by atoms with E-state index in [4.69, 9.17) is 11.5 Å². The molecule has 1 rings (SSSR count). The van der Waals surface area contributed by atoms with Gasteiger partial charge in [-0.25, -0.2) is 4.98 Å². The van der Waals surface area contributed by atoms with Crippen molar-refractivity contribution in [2.75, 3.05) is 0 Å². The number of hydrogen-bond donors (Lipinski definition) is 3. The zero-order chi connectivity index (χ0) is 10.0. The molecular formula is C6H6N4O3. The maximum absolute atomic E-state index is 10.7. The number of aromatic nitrogens is 2. The summed E-state index contributed by atoms with van der Waals surface area (Å²) >= 11 is 0. The first kappa shape index (κ1) is 8.91. The molecule has 1 aromatic rings. The largest absolute Gasteiger partial charge is 0.364 e. The summed E-state index contributed by atoms with van der Waals surface area (Å²) in [5.41, 5.74) is 8.39. The Morgan fingerprint density at radius 1 is 1.31 bits per heavy atom. The van der Waals surface area contributed by atoms with Crippen LogP contribution in [0, 0.1) is 0 Å². The van der Waals surface area contributed by atoms with Gasteiger partial charge in [-0.2, -0.15) is 0 Å². The van der Waals surface area contributed by atoms with Crippen molar-refractivity contribution in [3.8, 4) is 0 Å². The van der Waals surface area contributed by atoms with Gasteiger partial charge >= 0.3 is 0 Å². The van der Waals surface area contributed by atoms with E-state index in [0.717, 1.165) is 6.20 Å². The summed E-state index contributed by atoms with van der Waals surface area (Å²) in [4.78, 5) is 37.5. The number of carbonyl (C=O) groups is 2. The first-order chi connectivity index (χ1) is 6.02. The van der Waals surface area contributed by atoms with Crippen molar-refractivity contribution >= 4 is 11.8 Å². The van der Waals surface area contributed by atoms with Gasteiger partial charge < -0.3 is 16.5 Å². The molecule has 0 radical (unpaired) electrons. The van der Waals surface area contributed by atoms with E-state index in [1.54, 1.807) is 0 Å².